The minimum Gasteiger partial charge on any atom is -0.550 e. The lowest BCUT2D eigenvalue weighted by molar-refractivity contribution is -0.314. The van der Waals surface area contributed by atoms with Crippen LogP contribution in [-0.4, -0.2) is 11.9 Å². The van der Waals surface area contributed by atoms with E-state index >= 15 is 0 Å². The van der Waals surface area contributed by atoms with E-state index in [1.54, 1.807) is 0 Å². The zero-order valence-corrected chi connectivity index (χ0v) is 19.5. The van der Waals surface area contributed by atoms with Crippen molar-refractivity contribution in [3.8, 4) is 0 Å². The van der Waals surface area contributed by atoms with Crippen molar-refractivity contribution < 1.29 is 14.7 Å². The van der Waals surface area contributed by atoms with Gasteiger partial charge in [0.1, 0.15) is 0 Å². The Morgan fingerprint density at radius 3 is 1.61 bits per heavy atom. The molecule has 0 aliphatic heterocycles. The fourth-order valence-corrected chi connectivity index (χ4v) is 7.49. The molecule has 6 heteroatoms. The Morgan fingerprint density at radius 2 is 1.16 bits per heavy atom. The van der Waals surface area contributed by atoms with E-state index in [4.69, 9.17) is 0 Å². The zero-order valence-electron chi connectivity index (χ0n) is 16.3. The summed E-state index contributed by atoms with van der Waals surface area (Å²) < 4.78 is -2.05. The second kappa shape index (κ2) is 7.31. The summed E-state index contributed by atoms with van der Waals surface area (Å²) in [6.07, 6.45) is 0. The van der Waals surface area contributed by atoms with Crippen molar-refractivity contribution in [2.24, 2.45) is 11.8 Å². The zero-order chi connectivity index (χ0) is 21.8. The Bertz CT molecular complexity index is 1150. The van der Waals surface area contributed by atoms with E-state index in [1.807, 2.05) is 78.9 Å². The lowest BCUT2D eigenvalue weighted by Gasteiger charge is -2.59. The van der Waals surface area contributed by atoms with Crippen LogP contribution >= 0.6 is 31.9 Å². The molecule has 3 aromatic carbocycles. The number of hydrogen-bond donors (Lipinski definition) is 1. The molecule has 0 fully saturated rings. The number of carbonyl (C=O) groups is 2. The van der Waals surface area contributed by atoms with Gasteiger partial charge < -0.3 is 15.2 Å². The largest absolute Gasteiger partial charge is 0.550 e. The Kier molecular flexibility index (Phi) is 4.83. The molecule has 0 spiro atoms. The Labute approximate surface area is 196 Å². The van der Waals surface area contributed by atoms with Crippen LogP contribution in [0.25, 0.3) is 0 Å². The van der Waals surface area contributed by atoms with Crippen molar-refractivity contribution in [1.29, 1.82) is 0 Å². The fourth-order valence-electron chi connectivity index (χ4n) is 5.18. The van der Waals surface area contributed by atoms with Crippen LogP contribution in [0.1, 0.15) is 27.8 Å². The van der Waals surface area contributed by atoms with Gasteiger partial charge in [-0.25, -0.2) is 0 Å². The summed E-state index contributed by atoms with van der Waals surface area (Å²) in [4.78, 5) is 26.1. The summed E-state index contributed by atoms with van der Waals surface area (Å²) in [5.74, 6) is -3.61. The van der Waals surface area contributed by atoms with Crippen LogP contribution in [0.5, 0.6) is 0 Å². The van der Waals surface area contributed by atoms with Crippen molar-refractivity contribution in [3.63, 3.8) is 0 Å². The predicted octanol–water partition coefficient (Wildman–Crippen LogP) is 3.59. The van der Waals surface area contributed by atoms with Crippen LogP contribution in [0.15, 0.2) is 78.9 Å². The molecule has 156 valence electrons. The van der Waals surface area contributed by atoms with Gasteiger partial charge in [0.15, 0.2) is 0 Å². The first kappa shape index (κ1) is 20.5. The monoisotopic (exact) mass is 538 g/mol. The summed E-state index contributed by atoms with van der Waals surface area (Å²) in [6.45, 7) is 0.317. The van der Waals surface area contributed by atoms with Gasteiger partial charge in [0.2, 0.25) is 5.91 Å². The maximum absolute atomic E-state index is 13.6. The van der Waals surface area contributed by atoms with E-state index in [0.29, 0.717) is 6.54 Å². The molecule has 4 nitrogen and oxygen atoms in total. The topological polar surface area (TPSA) is 69.2 Å². The van der Waals surface area contributed by atoms with Gasteiger partial charge in [-0.1, -0.05) is 111 Å². The van der Waals surface area contributed by atoms with Gasteiger partial charge in [0.25, 0.3) is 0 Å². The smallest absolute Gasteiger partial charge is 0.226 e. The first-order chi connectivity index (χ1) is 14.9. The maximum atomic E-state index is 13.6. The van der Waals surface area contributed by atoms with Gasteiger partial charge in [-0.3, -0.25) is 4.79 Å². The highest BCUT2D eigenvalue weighted by atomic mass is 79.9. The number of carboxylic acids is 1. The van der Waals surface area contributed by atoms with Gasteiger partial charge in [0.05, 0.1) is 14.6 Å². The molecule has 3 aliphatic carbocycles. The minimum absolute atomic E-state index is 0.317. The van der Waals surface area contributed by atoms with E-state index in [9.17, 15) is 14.7 Å². The molecule has 0 saturated heterocycles. The van der Waals surface area contributed by atoms with Crippen molar-refractivity contribution in [2.45, 2.75) is 15.2 Å². The SMILES string of the molecule is O=C([O-])C1C(C(=O)NCc2ccccc2)C2(Br)c3ccccc3C1(Br)c1ccccc12. The molecule has 1 amide bonds. The number of hydrogen-bond acceptors (Lipinski definition) is 3. The maximum Gasteiger partial charge on any atom is 0.226 e. The molecule has 0 saturated carbocycles. The molecule has 2 unspecified atom stereocenters. The van der Waals surface area contributed by atoms with E-state index in [2.05, 4.69) is 37.2 Å². The lowest BCUT2D eigenvalue weighted by atomic mass is 9.53. The van der Waals surface area contributed by atoms with Gasteiger partial charge in [-0.2, -0.15) is 0 Å². The fraction of sp³-hybridized carbons (Fsp3) is 0.200. The van der Waals surface area contributed by atoms with Crippen LogP contribution in [0.3, 0.4) is 0 Å². The number of rotatable bonds is 4. The van der Waals surface area contributed by atoms with Crippen LogP contribution in [0.4, 0.5) is 0 Å². The second-order valence-corrected chi connectivity index (χ2v) is 10.5. The van der Waals surface area contributed by atoms with E-state index in [-0.39, 0.29) is 5.91 Å². The normalized spacial score (nSPS) is 27.8. The van der Waals surface area contributed by atoms with E-state index in [1.165, 1.54) is 0 Å². The highest BCUT2D eigenvalue weighted by molar-refractivity contribution is 9.10. The first-order valence-corrected chi connectivity index (χ1v) is 11.6. The molecule has 0 heterocycles. The summed E-state index contributed by atoms with van der Waals surface area (Å²) in [5, 5.41) is 15.5. The number of halogens is 2. The molecule has 31 heavy (non-hydrogen) atoms. The lowest BCUT2D eigenvalue weighted by Crippen LogP contribution is -2.64. The quantitative estimate of drug-likeness (QED) is 0.515. The third-order valence-electron chi connectivity index (χ3n) is 6.46. The Hall–Kier alpha value is -2.44. The number of carbonyl (C=O) groups excluding carboxylic acids is 2. The van der Waals surface area contributed by atoms with Crippen LogP contribution in [-0.2, 0) is 24.8 Å². The first-order valence-electron chi connectivity index (χ1n) is 10.0. The van der Waals surface area contributed by atoms with Gasteiger partial charge in [0, 0.05) is 18.4 Å². The molecule has 6 rings (SSSR count). The van der Waals surface area contributed by atoms with Crippen molar-refractivity contribution >= 4 is 43.7 Å². The molecule has 3 aromatic rings. The van der Waals surface area contributed by atoms with E-state index in [0.717, 1.165) is 27.8 Å². The summed E-state index contributed by atoms with van der Waals surface area (Å²) in [7, 11) is 0. The average molecular weight is 540 g/mol. The molecule has 0 aromatic heterocycles. The Morgan fingerprint density at radius 1 is 0.742 bits per heavy atom. The molecule has 0 radical (unpaired) electrons. The number of fused-ring (bicyclic) bond motifs is 1. The van der Waals surface area contributed by atoms with Crippen LogP contribution < -0.4 is 10.4 Å². The number of nitrogens with one attached hydrogen (secondary N) is 1. The number of alkyl halides is 2. The number of carboxylic acid groups (broad SMARTS) is 1. The summed E-state index contributed by atoms with van der Waals surface area (Å²) >= 11 is 7.69. The highest BCUT2D eigenvalue weighted by Gasteiger charge is 2.66. The number of aliphatic carboxylic acids is 1. The molecular weight excluding hydrogens is 522 g/mol. The average Bonchev–Trinajstić information content (AvgIpc) is 2.79. The molecular formula is C25H18Br2NO3-. The standard InChI is InChI=1S/C25H19Br2NO3/c26-24-16-10-4-6-12-18(16)25(27,19-13-7-5-11-17(19)24)21(23(30)31)20(24)22(29)28-14-15-8-2-1-3-9-15/h1-13,20-21H,14H2,(H,28,29)(H,30,31)/p-1. The molecule has 2 atom stereocenters. The van der Waals surface area contributed by atoms with Gasteiger partial charge in [-0.15, -0.1) is 0 Å². The summed E-state index contributed by atoms with van der Waals surface area (Å²) in [5.41, 5.74) is 4.41. The van der Waals surface area contributed by atoms with Crippen molar-refractivity contribution in [2.75, 3.05) is 0 Å². The molecule has 1 N–H and O–H groups in total. The van der Waals surface area contributed by atoms with Crippen LogP contribution in [0, 0.1) is 11.8 Å². The number of benzene rings is 3. The Balaban J connectivity index is 1.69. The third-order valence-corrected chi connectivity index (χ3v) is 9.15. The predicted molar refractivity (Wildman–Crippen MR) is 123 cm³/mol. The van der Waals surface area contributed by atoms with E-state index < -0.39 is 26.5 Å². The van der Waals surface area contributed by atoms with Crippen LogP contribution in [0.2, 0.25) is 0 Å². The molecule has 2 bridgehead atoms. The van der Waals surface area contributed by atoms with Crippen molar-refractivity contribution in [3.05, 3.63) is 107 Å². The number of amides is 1. The minimum atomic E-state index is -1.26. The third kappa shape index (κ3) is 2.77. The second-order valence-electron chi connectivity index (χ2n) is 7.99. The highest BCUT2D eigenvalue weighted by Crippen LogP contribution is 2.68. The van der Waals surface area contributed by atoms with Gasteiger partial charge >= 0.3 is 0 Å². The van der Waals surface area contributed by atoms with Crippen molar-refractivity contribution in [1.82, 2.24) is 5.32 Å². The molecule has 3 aliphatic rings. The summed E-state index contributed by atoms with van der Waals surface area (Å²) in [6, 6.07) is 24.9. The van der Waals surface area contributed by atoms with Gasteiger partial charge in [-0.05, 0) is 27.8 Å².